The SMILES string of the molecule is Cc1cccc(N2CCN(CCC3CCC(NC(=O)CC(F)(F)F)CC3)CC2)c1C#N. The standard InChI is InChI=1S/C23H31F3N4O/c1-17-3-2-4-21(20(17)16-27)30-13-11-29(12-14-30)10-9-18-5-7-19(8-6-18)28-22(31)15-23(24,25)26/h2-4,18-19H,5-15H2,1H3,(H,28,31). The summed E-state index contributed by atoms with van der Waals surface area (Å²) in [5, 5.41) is 12.0. The molecule has 0 aromatic heterocycles. The van der Waals surface area contributed by atoms with Crippen molar-refractivity contribution in [2.75, 3.05) is 37.6 Å². The Morgan fingerprint density at radius 3 is 2.45 bits per heavy atom. The minimum atomic E-state index is -4.44. The smallest absolute Gasteiger partial charge is 0.368 e. The highest BCUT2D eigenvalue weighted by atomic mass is 19.4. The minimum absolute atomic E-state index is 0.127. The zero-order chi connectivity index (χ0) is 22.4. The van der Waals surface area contributed by atoms with Crippen LogP contribution in [0.2, 0.25) is 0 Å². The zero-order valence-corrected chi connectivity index (χ0v) is 18.0. The van der Waals surface area contributed by atoms with E-state index < -0.39 is 18.5 Å². The Morgan fingerprint density at radius 2 is 1.84 bits per heavy atom. The molecule has 31 heavy (non-hydrogen) atoms. The van der Waals surface area contributed by atoms with Crippen LogP contribution >= 0.6 is 0 Å². The topological polar surface area (TPSA) is 59.4 Å². The van der Waals surface area contributed by atoms with Crippen molar-refractivity contribution in [3.8, 4) is 6.07 Å². The lowest BCUT2D eigenvalue weighted by atomic mass is 9.84. The van der Waals surface area contributed by atoms with Gasteiger partial charge in [0.1, 0.15) is 12.5 Å². The number of aryl methyl sites for hydroxylation is 1. The summed E-state index contributed by atoms with van der Waals surface area (Å²) in [6, 6.07) is 8.19. The van der Waals surface area contributed by atoms with Crippen LogP contribution in [0.25, 0.3) is 0 Å². The quantitative estimate of drug-likeness (QED) is 0.732. The van der Waals surface area contributed by atoms with E-state index in [1.165, 1.54) is 0 Å². The Balaban J connectivity index is 1.36. The Labute approximate surface area is 182 Å². The number of carbonyl (C=O) groups excluding carboxylic acids is 1. The Morgan fingerprint density at radius 1 is 1.16 bits per heavy atom. The van der Waals surface area contributed by atoms with Gasteiger partial charge in [0, 0.05) is 32.2 Å². The molecule has 1 amide bonds. The molecule has 1 aliphatic heterocycles. The van der Waals surface area contributed by atoms with Crippen LogP contribution in [0.3, 0.4) is 0 Å². The van der Waals surface area contributed by atoms with Crippen LogP contribution in [0.15, 0.2) is 18.2 Å². The molecule has 8 heteroatoms. The molecule has 0 radical (unpaired) electrons. The summed E-state index contributed by atoms with van der Waals surface area (Å²) in [5.74, 6) is -0.349. The van der Waals surface area contributed by atoms with E-state index in [0.29, 0.717) is 5.92 Å². The molecule has 1 saturated carbocycles. The predicted molar refractivity (Wildman–Crippen MR) is 114 cm³/mol. The average Bonchev–Trinajstić information content (AvgIpc) is 2.72. The van der Waals surface area contributed by atoms with Gasteiger partial charge >= 0.3 is 6.18 Å². The van der Waals surface area contributed by atoms with Gasteiger partial charge < -0.3 is 10.2 Å². The summed E-state index contributed by atoms with van der Waals surface area (Å²) >= 11 is 0. The number of rotatable bonds is 6. The van der Waals surface area contributed by atoms with Crippen LogP contribution < -0.4 is 10.2 Å². The molecule has 0 unspecified atom stereocenters. The van der Waals surface area contributed by atoms with Gasteiger partial charge in [0.2, 0.25) is 5.91 Å². The van der Waals surface area contributed by atoms with Gasteiger partial charge in [-0.05, 0) is 63.1 Å². The second-order valence-corrected chi connectivity index (χ2v) is 8.78. The third-order valence-corrected chi connectivity index (χ3v) is 6.50. The molecule has 0 spiro atoms. The van der Waals surface area contributed by atoms with Crippen molar-refractivity contribution in [3.63, 3.8) is 0 Å². The van der Waals surface area contributed by atoms with Crippen molar-refractivity contribution in [3.05, 3.63) is 29.3 Å². The normalized spacial score (nSPS) is 22.7. The first-order chi connectivity index (χ1) is 14.7. The monoisotopic (exact) mass is 436 g/mol. The highest BCUT2D eigenvalue weighted by Gasteiger charge is 2.32. The molecular formula is C23H31F3N4O. The van der Waals surface area contributed by atoms with Gasteiger partial charge in [0.25, 0.3) is 0 Å². The van der Waals surface area contributed by atoms with Crippen LogP contribution in [0.5, 0.6) is 0 Å². The Kier molecular flexibility index (Phi) is 7.82. The average molecular weight is 437 g/mol. The van der Waals surface area contributed by atoms with E-state index in [-0.39, 0.29) is 6.04 Å². The summed E-state index contributed by atoms with van der Waals surface area (Å²) in [7, 11) is 0. The number of halogens is 3. The zero-order valence-electron chi connectivity index (χ0n) is 18.0. The molecule has 5 nitrogen and oxygen atoms in total. The van der Waals surface area contributed by atoms with Crippen molar-refractivity contribution in [1.29, 1.82) is 5.26 Å². The molecule has 0 atom stereocenters. The van der Waals surface area contributed by atoms with E-state index in [0.717, 1.165) is 81.6 Å². The number of hydrogen-bond acceptors (Lipinski definition) is 4. The minimum Gasteiger partial charge on any atom is -0.368 e. The van der Waals surface area contributed by atoms with Gasteiger partial charge in [-0.1, -0.05) is 12.1 Å². The molecule has 2 aliphatic rings. The summed E-state index contributed by atoms with van der Waals surface area (Å²) in [5.41, 5.74) is 2.79. The van der Waals surface area contributed by atoms with E-state index >= 15 is 0 Å². The summed E-state index contributed by atoms with van der Waals surface area (Å²) < 4.78 is 36.9. The molecule has 170 valence electrons. The lowest BCUT2D eigenvalue weighted by molar-refractivity contribution is -0.154. The van der Waals surface area contributed by atoms with Crippen LogP contribution in [-0.4, -0.2) is 55.7 Å². The number of amides is 1. The second-order valence-electron chi connectivity index (χ2n) is 8.78. The first kappa shape index (κ1) is 23.4. The summed E-state index contributed by atoms with van der Waals surface area (Å²) in [4.78, 5) is 16.2. The van der Waals surface area contributed by atoms with Crippen LogP contribution in [0.4, 0.5) is 18.9 Å². The number of nitriles is 1. The largest absolute Gasteiger partial charge is 0.397 e. The fourth-order valence-electron chi connectivity index (χ4n) is 4.69. The first-order valence-corrected chi connectivity index (χ1v) is 11.1. The number of alkyl halides is 3. The van der Waals surface area contributed by atoms with Crippen molar-refractivity contribution in [2.24, 2.45) is 5.92 Å². The van der Waals surface area contributed by atoms with E-state index in [1.54, 1.807) is 0 Å². The van der Waals surface area contributed by atoms with Gasteiger partial charge in [0.05, 0.1) is 11.3 Å². The van der Waals surface area contributed by atoms with Crippen LogP contribution in [0, 0.1) is 24.2 Å². The fourth-order valence-corrected chi connectivity index (χ4v) is 4.69. The number of benzene rings is 1. The molecule has 1 saturated heterocycles. The summed E-state index contributed by atoms with van der Waals surface area (Å²) in [6.07, 6.45) is -1.34. The molecule has 1 heterocycles. The van der Waals surface area contributed by atoms with E-state index in [1.807, 2.05) is 25.1 Å². The third kappa shape index (κ3) is 6.86. The van der Waals surface area contributed by atoms with Gasteiger partial charge in [0.15, 0.2) is 0 Å². The van der Waals surface area contributed by atoms with Gasteiger partial charge in [-0.25, -0.2) is 0 Å². The highest BCUT2D eigenvalue weighted by molar-refractivity contribution is 5.76. The Bertz CT molecular complexity index is 789. The molecule has 1 aliphatic carbocycles. The van der Waals surface area contributed by atoms with E-state index in [9.17, 15) is 23.2 Å². The predicted octanol–water partition coefficient (Wildman–Crippen LogP) is 4.01. The molecule has 3 rings (SSSR count). The Hall–Kier alpha value is -2.27. The highest BCUT2D eigenvalue weighted by Crippen LogP contribution is 2.29. The number of hydrogen-bond donors (Lipinski definition) is 1. The number of nitrogens with zero attached hydrogens (tertiary/aromatic N) is 3. The molecule has 1 aromatic carbocycles. The van der Waals surface area contributed by atoms with Gasteiger partial charge in [-0.15, -0.1) is 0 Å². The maximum Gasteiger partial charge on any atom is 0.397 e. The number of carbonyl (C=O) groups is 1. The lowest BCUT2D eigenvalue weighted by Crippen LogP contribution is -2.47. The van der Waals surface area contributed by atoms with Crippen molar-refractivity contribution < 1.29 is 18.0 Å². The number of anilines is 1. The van der Waals surface area contributed by atoms with Crippen LogP contribution in [-0.2, 0) is 4.79 Å². The first-order valence-electron chi connectivity index (χ1n) is 11.1. The van der Waals surface area contributed by atoms with E-state index in [4.69, 9.17) is 0 Å². The van der Waals surface area contributed by atoms with Crippen molar-refractivity contribution >= 4 is 11.6 Å². The van der Waals surface area contributed by atoms with Crippen LogP contribution in [0.1, 0.15) is 49.7 Å². The lowest BCUT2D eigenvalue weighted by Gasteiger charge is -2.37. The maximum absolute atomic E-state index is 12.3. The van der Waals surface area contributed by atoms with Gasteiger partial charge in [-0.3, -0.25) is 9.69 Å². The van der Waals surface area contributed by atoms with E-state index in [2.05, 4.69) is 21.2 Å². The van der Waals surface area contributed by atoms with Crippen molar-refractivity contribution in [1.82, 2.24) is 10.2 Å². The number of piperazine rings is 1. The molecule has 0 bridgehead atoms. The van der Waals surface area contributed by atoms with Gasteiger partial charge in [-0.2, -0.15) is 18.4 Å². The molecule has 2 fully saturated rings. The van der Waals surface area contributed by atoms with Crippen molar-refractivity contribution in [2.45, 2.75) is 57.7 Å². The molecular weight excluding hydrogens is 405 g/mol. The number of nitrogens with one attached hydrogen (secondary N) is 1. The maximum atomic E-state index is 12.3. The molecule has 1 aromatic rings. The third-order valence-electron chi connectivity index (χ3n) is 6.50. The second kappa shape index (κ2) is 10.4. The fraction of sp³-hybridized carbons (Fsp3) is 0.652. The summed E-state index contributed by atoms with van der Waals surface area (Å²) in [6.45, 7) is 6.70. The molecule has 1 N–H and O–H groups in total.